The molecule has 1 aliphatic heterocycles. The molecule has 1 fully saturated rings. The molecule has 12 heteroatoms. The first-order chi connectivity index (χ1) is 24.9. The molecule has 0 aromatic heterocycles. The largest absolute Gasteiger partial charge is 0.379 e. The first kappa shape index (κ1) is 45.8. The van der Waals surface area contributed by atoms with E-state index in [4.69, 9.17) is 9.47 Å². The van der Waals surface area contributed by atoms with Gasteiger partial charge in [0.25, 0.3) is 0 Å². The number of nitrogens with one attached hydrogen (secondary N) is 2. The summed E-state index contributed by atoms with van der Waals surface area (Å²) in [6.07, 6.45) is 1.79. The van der Waals surface area contributed by atoms with Gasteiger partial charge in [-0.1, -0.05) is 79.2 Å². The Labute approximate surface area is 319 Å². The molecule has 1 aromatic carbocycles. The third-order valence-corrected chi connectivity index (χ3v) is 11.0. The number of benzene rings is 1. The molecule has 8 atom stereocenters. The second-order valence-electron chi connectivity index (χ2n) is 15.8. The highest BCUT2D eigenvalue weighted by Gasteiger charge is 2.43. The van der Waals surface area contributed by atoms with E-state index in [1.807, 2.05) is 77.6 Å². The molecule has 12 nitrogen and oxygen atoms in total. The van der Waals surface area contributed by atoms with Crippen molar-refractivity contribution in [3.8, 4) is 0 Å². The van der Waals surface area contributed by atoms with Crippen molar-refractivity contribution in [1.82, 2.24) is 25.3 Å². The molecule has 1 aliphatic rings. The van der Waals surface area contributed by atoms with Crippen molar-refractivity contribution in [3.63, 3.8) is 0 Å². The lowest BCUT2D eigenvalue weighted by Crippen LogP contribution is -2.59. The fourth-order valence-corrected chi connectivity index (χ4v) is 7.81. The smallest absolute Gasteiger partial charge is 0.245 e. The summed E-state index contributed by atoms with van der Waals surface area (Å²) >= 11 is 0. The summed E-state index contributed by atoms with van der Waals surface area (Å²) in [6.45, 7) is 16.2. The van der Waals surface area contributed by atoms with Crippen LogP contribution in [-0.2, 0) is 35.1 Å². The van der Waals surface area contributed by atoms with Gasteiger partial charge in [-0.05, 0) is 63.6 Å². The highest BCUT2D eigenvalue weighted by Crippen LogP contribution is 2.29. The Bertz CT molecular complexity index is 1340. The van der Waals surface area contributed by atoms with Crippen LogP contribution in [0.3, 0.4) is 0 Å². The summed E-state index contributed by atoms with van der Waals surface area (Å²) < 4.78 is 11.9. The average Bonchev–Trinajstić information content (AvgIpc) is 3.59. The number of ether oxygens (including phenoxy) is 2. The number of carbonyl (C=O) groups excluding carboxylic acids is 5. The molecule has 0 radical (unpaired) electrons. The molecule has 0 bridgehead atoms. The van der Waals surface area contributed by atoms with Gasteiger partial charge in [0.05, 0.1) is 42.7 Å². The lowest BCUT2D eigenvalue weighted by molar-refractivity contribution is -0.148. The normalized spacial score (nSPS) is 18.6. The van der Waals surface area contributed by atoms with E-state index >= 15 is 0 Å². The summed E-state index contributed by atoms with van der Waals surface area (Å²) in [7, 11) is 8.61. The zero-order valence-electron chi connectivity index (χ0n) is 34.7. The van der Waals surface area contributed by atoms with Gasteiger partial charge in [0.2, 0.25) is 23.6 Å². The van der Waals surface area contributed by atoms with E-state index in [2.05, 4.69) is 17.6 Å². The molecule has 4 amide bonds. The lowest BCUT2D eigenvalue weighted by atomic mass is 9.89. The molecule has 0 spiro atoms. The molecule has 53 heavy (non-hydrogen) atoms. The predicted octanol–water partition coefficient (Wildman–Crippen LogP) is 4.20. The number of carbonyl (C=O) groups is 5. The SMILES string of the molecule is CC[C@H](C)[C@@H]([C@@H](CC(=O)N1CCCC1[C@H](OC)[C@@H](C)C(=O)NCCc1ccc(C(C)=O)cc1)OC)N(C)C(=O)[C@@H](NC(=O)[C@H](C(C)C)N(C)C)C(C)C. The Balaban J connectivity index is 2.19. The van der Waals surface area contributed by atoms with Crippen molar-refractivity contribution in [2.75, 3.05) is 48.5 Å². The number of hydrogen-bond donors (Lipinski definition) is 2. The number of Topliss-reactive ketones (excluding diaryl/α,β-unsaturated/α-hetero) is 1. The molecule has 0 aliphatic carbocycles. The highest BCUT2D eigenvalue weighted by atomic mass is 16.5. The van der Waals surface area contributed by atoms with Crippen LogP contribution in [0.4, 0.5) is 0 Å². The summed E-state index contributed by atoms with van der Waals surface area (Å²) in [5.74, 6) is -1.31. The number of likely N-dealkylation sites (tertiary alicyclic amines) is 1. The van der Waals surface area contributed by atoms with Gasteiger partial charge in [-0.15, -0.1) is 0 Å². The molecule has 2 N–H and O–H groups in total. The maximum absolute atomic E-state index is 14.2. The van der Waals surface area contributed by atoms with Gasteiger partial charge in [-0.2, -0.15) is 0 Å². The zero-order chi connectivity index (χ0) is 40.2. The van der Waals surface area contributed by atoms with Gasteiger partial charge in [0.15, 0.2) is 5.78 Å². The number of likely N-dealkylation sites (N-methyl/N-ethyl adjacent to an activating group) is 2. The third-order valence-electron chi connectivity index (χ3n) is 11.0. The molecule has 1 unspecified atom stereocenters. The Kier molecular flexibility index (Phi) is 18.6. The average molecular weight is 744 g/mol. The van der Waals surface area contributed by atoms with Crippen LogP contribution in [0.5, 0.6) is 0 Å². The molecule has 1 aromatic rings. The van der Waals surface area contributed by atoms with E-state index in [0.717, 1.165) is 18.4 Å². The number of amides is 4. The zero-order valence-corrected chi connectivity index (χ0v) is 34.7. The summed E-state index contributed by atoms with van der Waals surface area (Å²) in [6, 6.07) is 5.51. The van der Waals surface area contributed by atoms with E-state index in [1.54, 1.807) is 38.3 Å². The summed E-state index contributed by atoms with van der Waals surface area (Å²) in [5.41, 5.74) is 1.67. The molecule has 1 saturated heterocycles. The van der Waals surface area contributed by atoms with E-state index in [-0.39, 0.29) is 65.7 Å². The third kappa shape index (κ3) is 12.3. The van der Waals surface area contributed by atoms with E-state index in [1.165, 1.54) is 6.92 Å². The topological polar surface area (TPSA) is 138 Å². The fraction of sp³-hybridized carbons (Fsp3) is 0.732. The van der Waals surface area contributed by atoms with Gasteiger partial charge >= 0.3 is 0 Å². The van der Waals surface area contributed by atoms with Crippen LogP contribution in [-0.4, -0.2) is 129 Å². The molecule has 300 valence electrons. The van der Waals surface area contributed by atoms with Crippen molar-refractivity contribution >= 4 is 29.4 Å². The minimum atomic E-state index is -0.751. The summed E-state index contributed by atoms with van der Waals surface area (Å²) in [5, 5.41) is 6.06. The van der Waals surface area contributed by atoms with Crippen LogP contribution in [0.1, 0.15) is 97.0 Å². The van der Waals surface area contributed by atoms with Gasteiger partial charge in [-0.3, -0.25) is 28.9 Å². The quantitative estimate of drug-likeness (QED) is 0.179. The van der Waals surface area contributed by atoms with Crippen LogP contribution in [0, 0.1) is 23.7 Å². The fourth-order valence-electron chi connectivity index (χ4n) is 7.81. The maximum atomic E-state index is 14.2. The second-order valence-corrected chi connectivity index (χ2v) is 15.8. The van der Waals surface area contributed by atoms with Crippen molar-refractivity contribution in [3.05, 3.63) is 35.4 Å². The summed E-state index contributed by atoms with van der Waals surface area (Å²) in [4.78, 5) is 72.0. The van der Waals surface area contributed by atoms with Crippen molar-refractivity contribution < 1.29 is 33.4 Å². The van der Waals surface area contributed by atoms with Crippen LogP contribution >= 0.6 is 0 Å². The number of hydrogen-bond acceptors (Lipinski definition) is 8. The van der Waals surface area contributed by atoms with Crippen LogP contribution in [0.2, 0.25) is 0 Å². The number of ketones is 1. The van der Waals surface area contributed by atoms with E-state index in [9.17, 15) is 24.0 Å². The molecular formula is C41H69N5O7. The van der Waals surface area contributed by atoms with E-state index in [0.29, 0.717) is 31.5 Å². The highest BCUT2D eigenvalue weighted by molar-refractivity contribution is 5.94. The second kappa shape index (κ2) is 21.5. The van der Waals surface area contributed by atoms with E-state index < -0.39 is 30.2 Å². The first-order valence-corrected chi connectivity index (χ1v) is 19.4. The number of methoxy groups -OCH3 is 2. The number of nitrogens with zero attached hydrogens (tertiary/aromatic N) is 3. The van der Waals surface area contributed by atoms with Crippen LogP contribution in [0.15, 0.2) is 24.3 Å². The Morgan fingerprint density at radius 1 is 0.906 bits per heavy atom. The van der Waals surface area contributed by atoms with Crippen molar-refractivity contribution in [1.29, 1.82) is 0 Å². The molecular weight excluding hydrogens is 674 g/mol. The van der Waals surface area contributed by atoms with Gasteiger partial charge in [-0.25, -0.2) is 0 Å². The van der Waals surface area contributed by atoms with Gasteiger partial charge in [0.1, 0.15) is 6.04 Å². The Morgan fingerprint density at radius 3 is 2.02 bits per heavy atom. The number of rotatable bonds is 21. The maximum Gasteiger partial charge on any atom is 0.245 e. The van der Waals surface area contributed by atoms with Gasteiger partial charge < -0.3 is 29.9 Å². The molecule has 0 saturated carbocycles. The first-order valence-electron chi connectivity index (χ1n) is 19.4. The van der Waals surface area contributed by atoms with Crippen molar-refractivity contribution in [2.24, 2.45) is 23.7 Å². The standard InChI is InChI=1S/C41H69N5O7/c1-14-27(6)37(45(11)41(51)35(25(2)3)43-40(50)36(26(4)5)44(9)10)33(52-12)24-34(48)46-23-15-16-32(46)38(53-13)28(7)39(49)42-22-21-30-17-19-31(20-18-30)29(8)47/h17-20,25-28,32-33,35-38H,14-16,21-24H2,1-13H3,(H,42,49)(H,43,50)/t27-,28+,32?,33+,35-,36-,37-,38+/m0/s1. The van der Waals surface area contributed by atoms with Crippen molar-refractivity contribution in [2.45, 2.75) is 124 Å². The van der Waals surface area contributed by atoms with Gasteiger partial charge in [0, 0.05) is 39.9 Å². The Hall–Kier alpha value is -3.35. The molecule has 2 rings (SSSR count). The molecule has 1 heterocycles. The minimum absolute atomic E-state index is 0.00714. The predicted molar refractivity (Wildman–Crippen MR) is 208 cm³/mol. The monoisotopic (exact) mass is 744 g/mol. The van der Waals surface area contributed by atoms with Crippen LogP contribution < -0.4 is 10.6 Å². The lowest BCUT2D eigenvalue weighted by Gasteiger charge is -2.41. The Morgan fingerprint density at radius 2 is 1.53 bits per heavy atom. The minimum Gasteiger partial charge on any atom is -0.379 e. The van der Waals surface area contributed by atoms with Crippen LogP contribution in [0.25, 0.3) is 0 Å².